The summed E-state index contributed by atoms with van der Waals surface area (Å²) in [5.41, 5.74) is 0.235. The number of sulfone groups is 4. The number of hydrogen-bond acceptors (Lipinski definition) is 13. The molecule has 1 aromatic heterocycles. The summed E-state index contributed by atoms with van der Waals surface area (Å²) in [5.74, 6) is 0.574. The van der Waals surface area contributed by atoms with Crippen LogP contribution in [0.3, 0.4) is 0 Å². The first-order valence-corrected chi connectivity index (χ1v) is 17.6. The van der Waals surface area contributed by atoms with Crippen molar-refractivity contribution < 1.29 is 47.7 Å². The van der Waals surface area contributed by atoms with Gasteiger partial charge in [0.25, 0.3) is 0 Å². The van der Waals surface area contributed by atoms with Crippen molar-refractivity contribution in [2.24, 2.45) is 0 Å². The third-order valence-electron chi connectivity index (χ3n) is 5.21. The van der Waals surface area contributed by atoms with Crippen LogP contribution >= 0.6 is 0 Å². The summed E-state index contributed by atoms with van der Waals surface area (Å²) in [6.45, 7) is 2.17. The van der Waals surface area contributed by atoms with Crippen LogP contribution in [-0.2, 0) is 48.7 Å². The summed E-state index contributed by atoms with van der Waals surface area (Å²) in [7, 11) is -22.6. The first kappa shape index (κ1) is 28.5. The molecule has 0 amide bonds. The van der Waals surface area contributed by atoms with Gasteiger partial charge in [-0.1, -0.05) is 24.3 Å². The Morgan fingerprint density at radius 1 is 0.806 bits per heavy atom. The molecule has 0 radical (unpaired) electrons. The molecular weight excluding hydrogens is 559 g/mol. The van der Waals surface area contributed by atoms with Crippen LogP contribution < -0.4 is 10.2 Å². The lowest BCUT2D eigenvalue weighted by atomic mass is 9.79. The zero-order valence-electron chi connectivity index (χ0n) is 19.8. The Kier molecular flexibility index (Phi) is 7.13. The van der Waals surface area contributed by atoms with Gasteiger partial charge >= 0.3 is 15.6 Å². The second-order valence-corrected chi connectivity index (χ2v) is 17.1. The normalized spacial score (nSPS) is 18.2. The van der Waals surface area contributed by atoms with Crippen molar-refractivity contribution in [3.63, 3.8) is 0 Å². The van der Waals surface area contributed by atoms with Gasteiger partial charge in [-0.3, -0.25) is 0 Å². The highest BCUT2D eigenvalue weighted by molar-refractivity contribution is 8.16. The number of hydrogen-bond donors (Lipinski definition) is 0. The van der Waals surface area contributed by atoms with E-state index < -0.39 is 55.0 Å². The Balaban J connectivity index is 2.28. The highest BCUT2D eigenvalue weighted by Crippen LogP contribution is 2.51. The fraction of sp³-hybridized carbons (Fsp3) is 0.444. The average molecular weight is 582 g/mol. The zero-order chi connectivity index (χ0) is 27.4. The molecule has 0 spiro atoms. The molecule has 18 heteroatoms. The van der Waals surface area contributed by atoms with Gasteiger partial charge in [0.15, 0.2) is 50.9 Å². The van der Waals surface area contributed by atoms with Gasteiger partial charge in [0.05, 0.1) is 19.0 Å². The van der Waals surface area contributed by atoms with Crippen LogP contribution in [0.4, 0.5) is 0 Å². The van der Waals surface area contributed by atoms with Crippen LogP contribution in [0.2, 0.25) is 0 Å². The second kappa shape index (κ2) is 9.02. The quantitative estimate of drug-likeness (QED) is 0.337. The fourth-order valence-corrected chi connectivity index (χ4v) is 15.0. The summed E-state index contributed by atoms with van der Waals surface area (Å²) in [6, 6.07) is 5.60. The van der Waals surface area contributed by atoms with E-state index in [0.717, 1.165) is 0 Å². The molecule has 3 rings (SSSR count). The Morgan fingerprint density at radius 2 is 1.25 bits per heavy atom. The molecule has 0 bridgehead atoms. The number of rotatable bonds is 8. The van der Waals surface area contributed by atoms with E-state index in [-0.39, 0.29) is 11.3 Å². The fourth-order valence-electron chi connectivity index (χ4n) is 3.92. The maximum absolute atomic E-state index is 12.9. The van der Waals surface area contributed by atoms with Gasteiger partial charge in [0, 0.05) is 30.6 Å². The highest BCUT2D eigenvalue weighted by atomic mass is 32.3. The molecule has 1 aliphatic heterocycles. The Hall–Kier alpha value is -2.12. The van der Waals surface area contributed by atoms with Gasteiger partial charge < -0.3 is 14.0 Å². The molecule has 1 fully saturated rings. The number of nitrogens with zero attached hydrogens (tertiary/aromatic N) is 2. The summed E-state index contributed by atoms with van der Waals surface area (Å²) in [6.07, 6.45) is 4.23. The average Bonchev–Trinajstić information content (AvgIpc) is 3.14. The van der Waals surface area contributed by atoms with Gasteiger partial charge in [-0.05, 0) is 12.4 Å². The van der Waals surface area contributed by atoms with E-state index >= 15 is 0 Å². The first-order valence-electron chi connectivity index (χ1n) is 10.0. The standard InChI is InChI=1S/C18H23BN2O11S4/c1-6-30-15-11-20-16(21-12-15)13-8-7-9-14(10-13)19-31-17(33(2,22)23,34(3,24)25)18(32-19,35(4,26)27)36(5,28)29/h7-12H,6H2,1-5H3. The Morgan fingerprint density at radius 3 is 1.64 bits per heavy atom. The molecule has 0 aliphatic carbocycles. The van der Waals surface area contributed by atoms with E-state index in [1.54, 1.807) is 13.0 Å². The molecule has 0 atom stereocenters. The van der Waals surface area contributed by atoms with Gasteiger partial charge in [-0.25, -0.2) is 43.6 Å². The molecule has 198 valence electrons. The second-order valence-electron chi connectivity index (χ2n) is 8.07. The summed E-state index contributed by atoms with van der Waals surface area (Å²) < 4.78 is 112. The van der Waals surface area contributed by atoms with E-state index in [1.165, 1.54) is 30.6 Å². The van der Waals surface area contributed by atoms with E-state index in [2.05, 4.69) is 9.97 Å². The van der Waals surface area contributed by atoms with Crippen molar-refractivity contribution in [1.82, 2.24) is 9.97 Å². The van der Waals surface area contributed by atoms with Crippen LogP contribution in [-0.4, -0.2) is 90.9 Å². The number of aromatic nitrogens is 2. The van der Waals surface area contributed by atoms with Crippen LogP contribution in [0.15, 0.2) is 36.7 Å². The first-order chi connectivity index (χ1) is 16.3. The predicted octanol–water partition coefficient (Wildman–Crippen LogP) is -1.23. The van der Waals surface area contributed by atoms with Gasteiger partial charge in [-0.15, -0.1) is 0 Å². The topological polar surface area (TPSA) is 190 Å². The van der Waals surface area contributed by atoms with Crippen molar-refractivity contribution in [2.75, 3.05) is 31.6 Å². The molecule has 0 N–H and O–H groups in total. The van der Waals surface area contributed by atoms with E-state index in [1.807, 2.05) is 0 Å². The summed E-state index contributed by atoms with van der Waals surface area (Å²) in [4.78, 5) is 8.30. The lowest BCUT2D eigenvalue weighted by molar-refractivity contribution is 0.202. The molecule has 2 aromatic rings. The minimum Gasteiger partial charge on any atom is -0.491 e. The minimum absolute atomic E-state index is 0.0872. The molecule has 0 saturated carbocycles. The zero-order valence-corrected chi connectivity index (χ0v) is 23.0. The molecule has 13 nitrogen and oxygen atoms in total. The molecule has 2 heterocycles. The largest absolute Gasteiger partial charge is 0.497 e. The maximum Gasteiger partial charge on any atom is 0.497 e. The minimum atomic E-state index is -5.14. The molecule has 1 aliphatic rings. The number of ether oxygens (including phenoxy) is 1. The highest BCUT2D eigenvalue weighted by Gasteiger charge is 2.83. The lowest BCUT2D eigenvalue weighted by Crippen LogP contribution is -2.67. The van der Waals surface area contributed by atoms with Crippen molar-refractivity contribution >= 4 is 51.9 Å². The third kappa shape index (κ3) is 4.32. The molecule has 36 heavy (non-hydrogen) atoms. The molecular formula is C18H23BN2O11S4. The van der Waals surface area contributed by atoms with Crippen LogP contribution in [0.5, 0.6) is 5.75 Å². The molecule has 1 saturated heterocycles. The number of benzene rings is 1. The maximum atomic E-state index is 12.9. The van der Waals surface area contributed by atoms with Crippen molar-refractivity contribution in [2.45, 2.75) is 15.5 Å². The van der Waals surface area contributed by atoms with Gasteiger partial charge in [0.1, 0.15) is 0 Å². The SMILES string of the molecule is CCOc1cnc(-c2cccc(B3OC(S(C)(=O)=O)(S(C)(=O)=O)C(S(C)(=O)=O)(S(C)(=O)=O)O3)c2)nc1. The van der Waals surface area contributed by atoms with Crippen molar-refractivity contribution in [3.05, 3.63) is 36.7 Å². The van der Waals surface area contributed by atoms with Crippen LogP contribution in [0.1, 0.15) is 6.92 Å². The van der Waals surface area contributed by atoms with E-state index in [9.17, 15) is 33.7 Å². The van der Waals surface area contributed by atoms with Crippen LogP contribution in [0, 0.1) is 0 Å². The third-order valence-corrected chi connectivity index (χ3v) is 14.8. The van der Waals surface area contributed by atoms with Gasteiger partial charge in [0.2, 0.25) is 0 Å². The smallest absolute Gasteiger partial charge is 0.491 e. The van der Waals surface area contributed by atoms with Crippen molar-refractivity contribution in [3.8, 4) is 17.1 Å². The molecule has 0 unspecified atom stereocenters. The predicted molar refractivity (Wildman–Crippen MR) is 131 cm³/mol. The summed E-state index contributed by atoms with van der Waals surface area (Å²) >= 11 is 0. The monoisotopic (exact) mass is 582 g/mol. The van der Waals surface area contributed by atoms with E-state index in [4.69, 9.17) is 14.0 Å². The van der Waals surface area contributed by atoms with Crippen molar-refractivity contribution in [1.29, 1.82) is 0 Å². The van der Waals surface area contributed by atoms with Gasteiger partial charge in [-0.2, -0.15) is 0 Å². The van der Waals surface area contributed by atoms with E-state index in [0.29, 0.717) is 42.9 Å². The Bertz CT molecular complexity index is 1460. The van der Waals surface area contributed by atoms with Crippen LogP contribution in [0.25, 0.3) is 11.4 Å². The lowest BCUT2D eigenvalue weighted by Gasteiger charge is -2.37. The Labute approximate surface area is 210 Å². The molecule has 1 aromatic carbocycles. The summed E-state index contributed by atoms with van der Waals surface area (Å²) in [5, 5.41) is 0.